The van der Waals surface area contributed by atoms with Crippen LogP contribution in [0.15, 0.2) is 24.3 Å². The van der Waals surface area contributed by atoms with Crippen molar-refractivity contribution < 1.29 is 35.3 Å². The quantitative estimate of drug-likeness (QED) is 0.811. The summed E-state index contributed by atoms with van der Waals surface area (Å²) in [5.74, 6) is 0. The molecule has 0 saturated heterocycles. The Morgan fingerprint density at radius 3 is 2.36 bits per heavy atom. The van der Waals surface area contributed by atoms with Crippen LogP contribution in [0, 0.1) is 0 Å². The topological polar surface area (TPSA) is 108 Å². The minimum atomic E-state index is -4.60. The number of rotatable bonds is 5. The molecule has 1 aromatic rings. The Balaban J connectivity index is 3.08. The summed E-state index contributed by atoms with van der Waals surface area (Å²) < 4.78 is 69.8. The predicted molar refractivity (Wildman–Crippen MR) is 82.6 cm³/mol. The third-order valence-electron chi connectivity index (χ3n) is 2.71. The van der Waals surface area contributed by atoms with Gasteiger partial charge < -0.3 is 10.1 Å². The summed E-state index contributed by atoms with van der Waals surface area (Å²) >= 11 is 0. The van der Waals surface area contributed by atoms with Crippen LogP contribution in [-0.4, -0.2) is 26.7 Å². The fourth-order valence-electron chi connectivity index (χ4n) is 1.77. The molecule has 11 heteroatoms. The number of hydrogen-bond donors (Lipinski definition) is 2. The monoisotopic (exact) mass is 384 g/mol. The van der Waals surface area contributed by atoms with Crippen molar-refractivity contribution in [3.63, 3.8) is 0 Å². The van der Waals surface area contributed by atoms with Gasteiger partial charge >= 0.3 is 22.6 Å². The molecule has 3 N–H and O–H groups in total. The summed E-state index contributed by atoms with van der Waals surface area (Å²) in [5, 5.41) is 6.99. The summed E-state index contributed by atoms with van der Waals surface area (Å²) in [6.07, 6.45) is -5.55. The Bertz CT molecular complexity index is 714. The van der Waals surface area contributed by atoms with Crippen LogP contribution < -0.4 is 10.5 Å². The van der Waals surface area contributed by atoms with Crippen LogP contribution in [0.2, 0.25) is 0 Å². The van der Waals surface area contributed by atoms with Gasteiger partial charge in [-0.05, 0) is 38.5 Å². The lowest BCUT2D eigenvalue weighted by molar-refractivity contribution is -0.137. The van der Waals surface area contributed by atoms with Crippen molar-refractivity contribution in [1.29, 1.82) is 0 Å². The van der Waals surface area contributed by atoms with Crippen LogP contribution in [0.4, 0.5) is 18.0 Å². The van der Waals surface area contributed by atoms with Crippen LogP contribution in [0.5, 0.6) is 0 Å². The van der Waals surface area contributed by atoms with Crippen molar-refractivity contribution in [2.24, 2.45) is 5.14 Å². The van der Waals surface area contributed by atoms with Crippen molar-refractivity contribution in [3.05, 3.63) is 35.4 Å². The van der Waals surface area contributed by atoms with Gasteiger partial charge in [0.15, 0.2) is 0 Å². The van der Waals surface area contributed by atoms with Gasteiger partial charge in [-0.15, -0.1) is 0 Å². The largest absolute Gasteiger partial charge is 0.444 e. The van der Waals surface area contributed by atoms with Crippen LogP contribution >= 0.6 is 0 Å². The van der Waals surface area contributed by atoms with E-state index in [9.17, 15) is 26.4 Å². The second kappa shape index (κ2) is 7.58. The summed E-state index contributed by atoms with van der Waals surface area (Å²) in [5.41, 5.74) is -1.84. The average molecular weight is 384 g/mol. The molecule has 0 aliphatic carbocycles. The van der Waals surface area contributed by atoms with Crippen molar-refractivity contribution in [2.75, 3.05) is 6.61 Å². The molecule has 1 aromatic carbocycles. The average Bonchev–Trinajstić information content (AvgIpc) is 2.39. The molecule has 0 fully saturated rings. The first-order chi connectivity index (χ1) is 11.2. The minimum absolute atomic E-state index is 0.0238. The highest BCUT2D eigenvalue weighted by molar-refractivity contribution is 7.84. The van der Waals surface area contributed by atoms with Crippen LogP contribution in [0.3, 0.4) is 0 Å². The standard InChI is InChI=1S/C14H19F3N2O5S/c1-13(2,3)24-12(20)19-11(8-23-25(18,21)22)9-5-4-6-10(7-9)14(15,16)17/h4-7,11H,8H2,1-3H3,(H,19,20)(H2,18,21,22). The Morgan fingerprint density at radius 1 is 1.28 bits per heavy atom. The van der Waals surface area contributed by atoms with Gasteiger partial charge in [0.05, 0.1) is 18.2 Å². The third kappa shape index (κ3) is 8.18. The maximum absolute atomic E-state index is 12.8. The molecule has 0 heterocycles. The van der Waals surface area contributed by atoms with Crippen molar-refractivity contribution in [1.82, 2.24) is 5.32 Å². The summed E-state index contributed by atoms with van der Waals surface area (Å²) in [6, 6.07) is 2.79. The number of hydrogen-bond acceptors (Lipinski definition) is 5. The molecule has 0 saturated carbocycles. The zero-order chi connectivity index (χ0) is 19.5. The smallest absolute Gasteiger partial charge is 0.416 e. The van der Waals surface area contributed by atoms with Crippen molar-refractivity contribution in [3.8, 4) is 0 Å². The highest BCUT2D eigenvalue weighted by atomic mass is 32.2. The fourth-order valence-corrected chi connectivity index (χ4v) is 2.09. The number of halogens is 3. The second-order valence-corrected chi connectivity index (χ2v) is 7.32. The summed E-state index contributed by atoms with van der Waals surface area (Å²) in [6.45, 7) is 4.07. The molecule has 7 nitrogen and oxygen atoms in total. The number of amides is 1. The van der Waals surface area contributed by atoms with Gasteiger partial charge in [0.25, 0.3) is 0 Å². The molecule has 0 bridgehead atoms. The van der Waals surface area contributed by atoms with E-state index >= 15 is 0 Å². The lowest BCUT2D eigenvalue weighted by atomic mass is 10.0. The van der Waals surface area contributed by atoms with Gasteiger partial charge in [-0.25, -0.2) is 9.93 Å². The van der Waals surface area contributed by atoms with Crippen molar-refractivity contribution in [2.45, 2.75) is 38.6 Å². The molecule has 25 heavy (non-hydrogen) atoms. The number of alkyl halides is 3. The zero-order valence-electron chi connectivity index (χ0n) is 13.8. The number of alkyl carbamates (subject to hydrolysis) is 1. The number of nitrogens with one attached hydrogen (secondary N) is 1. The highest BCUT2D eigenvalue weighted by Crippen LogP contribution is 2.31. The number of ether oxygens (including phenoxy) is 1. The van der Waals surface area contributed by atoms with E-state index in [1.807, 2.05) is 0 Å². The molecule has 0 aromatic heterocycles. The van der Waals surface area contributed by atoms with E-state index < -0.39 is 46.4 Å². The molecule has 0 spiro atoms. The molecular weight excluding hydrogens is 365 g/mol. The van der Waals surface area contributed by atoms with E-state index in [0.29, 0.717) is 0 Å². The summed E-state index contributed by atoms with van der Waals surface area (Å²) in [7, 11) is -4.35. The van der Waals surface area contributed by atoms with E-state index in [1.54, 1.807) is 20.8 Å². The Hall–Kier alpha value is -1.85. The lowest BCUT2D eigenvalue weighted by Crippen LogP contribution is -2.37. The maximum Gasteiger partial charge on any atom is 0.416 e. The van der Waals surface area contributed by atoms with Gasteiger partial charge in [-0.2, -0.15) is 21.6 Å². The number of carbonyl (C=O) groups is 1. The first kappa shape index (κ1) is 21.2. The predicted octanol–water partition coefficient (Wildman–Crippen LogP) is 2.49. The van der Waals surface area contributed by atoms with E-state index in [0.717, 1.165) is 18.2 Å². The number of carbonyl (C=O) groups excluding carboxylic acids is 1. The maximum atomic E-state index is 12.8. The van der Waals surface area contributed by atoms with Crippen LogP contribution in [0.25, 0.3) is 0 Å². The first-order valence-electron chi connectivity index (χ1n) is 7.01. The Labute approximate surface area is 143 Å². The number of benzene rings is 1. The molecule has 1 rings (SSSR count). The second-order valence-electron chi connectivity index (χ2n) is 6.10. The molecule has 0 aliphatic heterocycles. The Morgan fingerprint density at radius 2 is 1.88 bits per heavy atom. The van der Waals surface area contributed by atoms with E-state index in [1.165, 1.54) is 6.07 Å². The normalized spacial score (nSPS) is 14.0. The first-order valence-corrected chi connectivity index (χ1v) is 8.48. The van der Waals surface area contributed by atoms with Gasteiger partial charge in [-0.1, -0.05) is 12.1 Å². The van der Waals surface area contributed by atoms with Gasteiger partial charge in [0, 0.05) is 0 Å². The molecule has 1 unspecified atom stereocenters. The molecule has 142 valence electrons. The lowest BCUT2D eigenvalue weighted by Gasteiger charge is -2.24. The van der Waals surface area contributed by atoms with E-state index in [-0.39, 0.29) is 5.56 Å². The molecule has 1 amide bonds. The third-order valence-corrected chi connectivity index (χ3v) is 3.17. The van der Waals surface area contributed by atoms with E-state index in [2.05, 4.69) is 9.50 Å². The minimum Gasteiger partial charge on any atom is -0.444 e. The van der Waals surface area contributed by atoms with Gasteiger partial charge in [-0.3, -0.25) is 4.18 Å². The van der Waals surface area contributed by atoms with Gasteiger partial charge in [0.2, 0.25) is 0 Å². The highest BCUT2D eigenvalue weighted by Gasteiger charge is 2.31. The summed E-state index contributed by atoms with van der Waals surface area (Å²) in [4.78, 5) is 11.9. The van der Waals surface area contributed by atoms with Gasteiger partial charge in [0.1, 0.15) is 5.60 Å². The van der Waals surface area contributed by atoms with Crippen molar-refractivity contribution >= 4 is 16.4 Å². The number of nitrogens with two attached hydrogens (primary N) is 1. The fraction of sp³-hybridized carbons (Fsp3) is 0.500. The van der Waals surface area contributed by atoms with Crippen LogP contribution in [0.1, 0.15) is 37.9 Å². The molecule has 0 radical (unpaired) electrons. The molecule has 0 aliphatic rings. The zero-order valence-corrected chi connectivity index (χ0v) is 14.6. The molecular formula is C14H19F3N2O5S. The van der Waals surface area contributed by atoms with E-state index in [4.69, 9.17) is 9.88 Å². The SMILES string of the molecule is CC(C)(C)OC(=O)NC(COS(N)(=O)=O)c1cccc(C(F)(F)F)c1. The molecule has 1 atom stereocenters. The van der Waals surface area contributed by atoms with Crippen LogP contribution in [-0.2, 0) is 25.4 Å². The Kier molecular flexibility index (Phi) is 6.43.